The molecule has 0 saturated carbocycles. The average molecular weight is 568 g/mol. The average Bonchev–Trinajstić information content (AvgIpc) is 2.77. The van der Waals surface area contributed by atoms with Crippen LogP contribution in [0.25, 0.3) is 6.08 Å². The molecule has 1 aliphatic rings. The van der Waals surface area contributed by atoms with E-state index in [9.17, 15) is 23.6 Å². The molecular formula is C22H18FIN2O7. The molecule has 0 aromatic heterocycles. The van der Waals surface area contributed by atoms with Crippen molar-refractivity contribution in [2.24, 2.45) is 0 Å². The number of anilines is 1. The highest BCUT2D eigenvalue weighted by atomic mass is 127. The summed E-state index contributed by atoms with van der Waals surface area (Å²) in [6.07, 6.45) is 1.29. The Balaban J connectivity index is 1.93. The highest BCUT2D eigenvalue weighted by molar-refractivity contribution is 14.1. The molecule has 1 heterocycles. The lowest BCUT2D eigenvalue weighted by Gasteiger charge is -2.26. The first-order chi connectivity index (χ1) is 15.7. The molecule has 172 valence electrons. The number of carbonyl (C=O) groups is 4. The first kappa shape index (κ1) is 24.2. The zero-order chi connectivity index (χ0) is 24.1. The molecule has 0 unspecified atom stereocenters. The van der Waals surface area contributed by atoms with Crippen LogP contribution < -0.4 is 19.7 Å². The van der Waals surface area contributed by atoms with E-state index in [0.29, 0.717) is 9.13 Å². The van der Waals surface area contributed by atoms with Crippen LogP contribution in [0.4, 0.5) is 14.9 Å². The van der Waals surface area contributed by atoms with Crippen molar-refractivity contribution in [1.82, 2.24) is 5.32 Å². The minimum absolute atomic E-state index is 0.104. The third kappa shape index (κ3) is 5.48. The number of halogens is 2. The molecule has 2 aromatic carbocycles. The third-order valence-electron chi connectivity index (χ3n) is 4.39. The number of rotatable bonds is 7. The lowest BCUT2D eigenvalue weighted by Crippen LogP contribution is -2.54. The summed E-state index contributed by atoms with van der Waals surface area (Å²) in [7, 11) is 1.40. The summed E-state index contributed by atoms with van der Waals surface area (Å²) in [5.74, 6) is -2.28. The predicted molar refractivity (Wildman–Crippen MR) is 123 cm³/mol. The van der Waals surface area contributed by atoms with E-state index in [4.69, 9.17) is 14.2 Å². The van der Waals surface area contributed by atoms with Crippen molar-refractivity contribution >= 4 is 58.2 Å². The second-order valence-electron chi connectivity index (χ2n) is 6.56. The van der Waals surface area contributed by atoms with Gasteiger partial charge < -0.3 is 14.2 Å². The summed E-state index contributed by atoms with van der Waals surface area (Å²) in [5.41, 5.74) is 0.204. The normalized spacial score (nSPS) is 14.8. The molecule has 1 aliphatic heterocycles. The van der Waals surface area contributed by atoms with Crippen LogP contribution in [-0.4, -0.2) is 44.1 Å². The number of imide groups is 2. The maximum atomic E-state index is 13.2. The van der Waals surface area contributed by atoms with Crippen molar-refractivity contribution in [1.29, 1.82) is 0 Å². The molecule has 0 atom stereocenters. The number of ether oxygens (including phenoxy) is 3. The molecule has 2 aromatic rings. The fourth-order valence-electron chi connectivity index (χ4n) is 2.95. The topological polar surface area (TPSA) is 111 Å². The van der Waals surface area contributed by atoms with Crippen molar-refractivity contribution in [3.05, 3.63) is 56.9 Å². The third-order valence-corrected chi connectivity index (χ3v) is 5.19. The van der Waals surface area contributed by atoms with E-state index >= 15 is 0 Å². The van der Waals surface area contributed by atoms with Gasteiger partial charge in [-0.3, -0.25) is 14.9 Å². The highest BCUT2D eigenvalue weighted by Crippen LogP contribution is 2.35. The van der Waals surface area contributed by atoms with E-state index < -0.39 is 29.6 Å². The largest absolute Gasteiger partial charge is 0.493 e. The zero-order valence-electron chi connectivity index (χ0n) is 17.5. The minimum atomic E-state index is -0.941. The molecule has 1 saturated heterocycles. The number of carbonyl (C=O) groups excluding carboxylic acids is 4. The Kier molecular flexibility index (Phi) is 7.63. The van der Waals surface area contributed by atoms with E-state index in [1.807, 2.05) is 22.6 Å². The van der Waals surface area contributed by atoms with Crippen molar-refractivity contribution in [3.63, 3.8) is 0 Å². The number of amides is 4. The van der Waals surface area contributed by atoms with Crippen molar-refractivity contribution in [2.75, 3.05) is 25.2 Å². The molecule has 9 nitrogen and oxygen atoms in total. The number of nitrogens with one attached hydrogen (secondary N) is 1. The quantitative estimate of drug-likeness (QED) is 0.237. The number of urea groups is 1. The van der Waals surface area contributed by atoms with Crippen LogP contribution >= 0.6 is 22.6 Å². The molecule has 0 bridgehead atoms. The van der Waals surface area contributed by atoms with E-state index in [2.05, 4.69) is 5.32 Å². The predicted octanol–water partition coefficient (Wildman–Crippen LogP) is 3.05. The Bertz CT molecular complexity index is 1150. The monoisotopic (exact) mass is 568 g/mol. The van der Waals surface area contributed by atoms with E-state index in [0.717, 1.165) is 17.0 Å². The smallest absolute Gasteiger partial charge is 0.344 e. The number of barbiturate groups is 1. The highest BCUT2D eigenvalue weighted by Gasteiger charge is 2.36. The number of benzene rings is 2. The van der Waals surface area contributed by atoms with E-state index in [1.165, 1.54) is 31.4 Å². The Morgan fingerprint density at radius 1 is 1.18 bits per heavy atom. The van der Waals surface area contributed by atoms with Crippen LogP contribution in [-0.2, 0) is 19.1 Å². The first-order valence-electron chi connectivity index (χ1n) is 9.58. The lowest BCUT2D eigenvalue weighted by molar-refractivity contribution is -0.145. The number of nitrogens with zero attached hydrogens (tertiary/aromatic N) is 1. The van der Waals surface area contributed by atoms with Gasteiger partial charge in [-0.1, -0.05) is 0 Å². The van der Waals surface area contributed by atoms with Gasteiger partial charge in [0.15, 0.2) is 18.1 Å². The summed E-state index contributed by atoms with van der Waals surface area (Å²) in [4.78, 5) is 49.9. The van der Waals surface area contributed by atoms with Gasteiger partial charge in [0, 0.05) is 0 Å². The van der Waals surface area contributed by atoms with Crippen LogP contribution in [0.1, 0.15) is 12.5 Å². The lowest BCUT2D eigenvalue weighted by atomic mass is 10.1. The SMILES string of the molecule is CCOC(=O)COc1c(I)cc(/C=C2\C(=O)NC(=O)N(c3ccc(F)cc3)C2=O)cc1OC. The molecule has 4 amide bonds. The van der Waals surface area contributed by atoms with Crippen LogP contribution in [0.15, 0.2) is 42.0 Å². The molecule has 0 spiro atoms. The van der Waals surface area contributed by atoms with Gasteiger partial charge in [-0.15, -0.1) is 0 Å². The molecule has 1 fully saturated rings. The standard InChI is InChI=1S/C22H18FIN2O7/c1-3-32-18(27)11-33-19-16(24)9-12(10-17(19)31-2)8-15-20(28)25-22(30)26(21(15)29)14-6-4-13(23)5-7-14/h4-10H,3,11H2,1-2H3,(H,25,28,30)/b15-8+. The van der Waals surface area contributed by atoms with Gasteiger partial charge >= 0.3 is 12.0 Å². The number of methoxy groups -OCH3 is 1. The molecule has 1 N–H and O–H groups in total. The summed E-state index contributed by atoms with van der Waals surface area (Å²) >= 11 is 1.96. The Morgan fingerprint density at radius 2 is 1.88 bits per heavy atom. The number of esters is 1. The van der Waals surface area contributed by atoms with Gasteiger partial charge in [0.05, 0.1) is 23.0 Å². The summed E-state index contributed by atoms with van der Waals surface area (Å²) in [5, 5.41) is 2.10. The van der Waals surface area contributed by atoms with Gasteiger partial charge in [-0.05, 0) is 77.6 Å². The van der Waals surface area contributed by atoms with Crippen molar-refractivity contribution in [2.45, 2.75) is 6.92 Å². The minimum Gasteiger partial charge on any atom is -0.493 e. The zero-order valence-corrected chi connectivity index (χ0v) is 19.7. The fourth-order valence-corrected chi connectivity index (χ4v) is 3.73. The van der Waals surface area contributed by atoms with Crippen LogP contribution in [0.2, 0.25) is 0 Å². The van der Waals surface area contributed by atoms with E-state index in [1.54, 1.807) is 13.0 Å². The Labute approximate surface area is 201 Å². The fraction of sp³-hybridized carbons (Fsp3) is 0.182. The molecule has 11 heteroatoms. The Hall–Kier alpha value is -3.48. The van der Waals surface area contributed by atoms with Gasteiger partial charge in [0.25, 0.3) is 11.8 Å². The van der Waals surface area contributed by atoms with Gasteiger partial charge in [-0.2, -0.15) is 0 Å². The summed E-state index contributed by atoms with van der Waals surface area (Å²) in [6, 6.07) is 6.87. The maximum absolute atomic E-state index is 13.2. The van der Waals surface area contributed by atoms with Crippen molar-refractivity contribution < 1.29 is 37.8 Å². The maximum Gasteiger partial charge on any atom is 0.344 e. The second kappa shape index (κ2) is 10.4. The molecule has 0 aliphatic carbocycles. The first-order valence-corrected chi connectivity index (χ1v) is 10.7. The second-order valence-corrected chi connectivity index (χ2v) is 7.72. The van der Waals surface area contributed by atoms with Gasteiger partial charge in [0.2, 0.25) is 0 Å². The molecular weight excluding hydrogens is 550 g/mol. The van der Waals surface area contributed by atoms with Gasteiger partial charge in [0.1, 0.15) is 11.4 Å². The van der Waals surface area contributed by atoms with Crippen molar-refractivity contribution in [3.8, 4) is 11.5 Å². The molecule has 33 heavy (non-hydrogen) atoms. The van der Waals surface area contributed by atoms with E-state index in [-0.39, 0.29) is 36.0 Å². The van der Waals surface area contributed by atoms with Crippen LogP contribution in [0, 0.1) is 9.39 Å². The molecule has 3 rings (SSSR count). The number of hydrogen-bond donors (Lipinski definition) is 1. The van der Waals surface area contributed by atoms with Crippen LogP contribution in [0.5, 0.6) is 11.5 Å². The summed E-state index contributed by atoms with van der Waals surface area (Å²) < 4.78 is 29.4. The summed E-state index contributed by atoms with van der Waals surface area (Å²) in [6.45, 7) is 1.57. The Morgan fingerprint density at radius 3 is 2.52 bits per heavy atom. The van der Waals surface area contributed by atoms with Crippen LogP contribution in [0.3, 0.4) is 0 Å². The van der Waals surface area contributed by atoms with Gasteiger partial charge in [-0.25, -0.2) is 18.9 Å². The molecule has 0 radical (unpaired) electrons. The number of hydrogen-bond acceptors (Lipinski definition) is 7.